The van der Waals surface area contributed by atoms with Gasteiger partial charge in [-0.15, -0.1) is 0 Å². The third-order valence-electron chi connectivity index (χ3n) is 13.4. The van der Waals surface area contributed by atoms with Crippen molar-refractivity contribution in [2.75, 3.05) is 178 Å². The van der Waals surface area contributed by atoms with Crippen molar-refractivity contribution in [1.29, 1.82) is 0 Å². The van der Waals surface area contributed by atoms with E-state index in [-0.39, 0.29) is 12.2 Å². The number of piperidine rings is 1. The van der Waals surface area contributed by atoms with E-state index in [1.807, 2.05) is 45.8 Å². The number of rotatable bonds is 17. The first-order chi connectivity index (χ1) is 36.2. The van der Waals surface area contributed by atoms with E-state index in [9.17, 15) is 4.79 Å². The lowest BCUT2D eigenvalue weighted by Gasteiger charge is -2.35. The van der Waals surface area contributed by atoms with Gasteiger partial charge in [0.15, 0.2) is 0 Å². The molecule has 7 rings (SSSR count). The van der Waals surface area contributed by atoms with Crippen LogP contribution in [-0.4, -0.2) is 259 Å². The number of carbonyl (C=O) groups is 1. The summed E-state index contributed by atoms with van der Waals surface area (Å²) in [7, 11) is 4.42. The Kier molecular flexibility index (Phi) is 43.3. The molecule has 0 aromatic carbocycles. The number of likely N-dealkylation sites (N-methyl/N-ethyl adjacent to an activating group) is 2. The standard InChI is InChI=1S/C12H24N2O2.C9H20N2.C8H15N3.C8H18N2.C8H17NO.C7H15NO.C6H10N2/c1-5-6-13-7-9-14(10-8-13)11(15)16-12(2,3)4;1-3-5-11-7-4-6-10(2)8-9-11;1-2-3-9-4-6-11-7-5-10-8-11;1-3-4-10-7-5-9(2)6-8-10;1-2-5-9-6-3-8(10)4-7-9;1-2-3-8-4-6-9-7-5-8;1-2-4-8-5-3-7-6-8/h5-10H2,1-4H3;3-9H2,1-2H3;5,7-9H,2-4,6H2,1H3;3-8H2,1-2H3;8,10H,2-7H2,1H3;2-7H2,1H3;3,5-6H,2,4H2,1H3. The maximum absolute atomic E-state index is 11.8. The van der Waals surface area contributed by atoms with Crippen molar-refractivity contribution in [3.63, 3.8) is 0 Å². The fourth-order valence-corrected chi connectivity index (χ4v) is 9.03. The summed E-state index contributed by atoms with van der Waals surface area (Å²) < 4.78 is 14.7. The quantitative estimate of drug-likeness (QED) is 0.153. The lowest BCUT2D eigenvalue weighted by molar-refractivity contribution is 0.0145. The molecule has 2 N–H and O–H groups in total. The van der Waals surface area contributed by atoms with Crippen LogP contribution in [0.4, 0.5) is 4.79 Å². The average molecular weight is 1060 g/mol. The van der Waals surface area contributed by atoms with Crippen LogP contribution in [0.25, 0.3) is 0 Å². The zero-order valence-corrected chi connectivity index (χ0v) is 50.7. The number of ether oxygens (including phenoxy) is 2. The molecule has 0 radical (unpaired) electrons. The molecular weight excluding hydrogens is 943 g/mol. The van der Waals surface area contributed by atoms with Crippen molar-refractivity contribution >= 4 is 6.09 Å². The van der Waals surface area contributed by atoms with Gasteiger partial charge in [0.25, 0.3) is 0 Å². The maximum atomic E-state index is 11.8. The summed E-state index contributed by atoms with van der Waals surface area (Å²) in [6.07, 6.45) is 23.0. The van der Waals surface area contributed by atoms with Crippen molar-refractivity contribution in [2.24, 2.45) is 0 Å². The number of likely N-dealkylation sites (tertiary alicyclic amines) is 1. The van der Waals surface area contributed by atoms with Gasteiger partial charge in [-0.2, -0.15) is 0 Å². The Labute approximate surface area is 461 Å². The van der Waals surface area contributed by atoms with Gasteiger partial charge in [0.1, 0.15) is 5.60 Å². The molecule has 0 atom stereocenters. The molecule has 75 heavy (non-hydrogen) atoms. The number of aliphatic hydroxyl groups excluding tert-OH is 1. The van der Waals surface area contributed by atoms with E-state index in [4.69, 9.17) is 14.6 Å². The molecule has 1 amide bonds. The first-order valence-electron chi connectivity index (χ1n) is 30.0. The van der Waals surface area contributed by atoms with Gasteiger partial charge in [-0.05, 0) is 151 Å². The van der Waals surface area contributed by atoms with Gasteiger partial charge in [0.05, 0.1) is 32.0 Å². The Bertz CT molecular complexity index is 1460. The Morgan fingerprint density at radius 3 is 1.37 bits per heavy atom. The van der Waals surface area contributed by atoms with E-state index in [0.717, 1.165) is 111 Å². The van der Waals surface area contributed by atoms with Crippen LogP contribution in [-0.2, 0) is 22.6 Å². The molecule has 5 aliphatic heterocycles. The summed E-state index contributed by atoms with van der Waals surface area (Å²) in [5.41, 5.74) is -0.391. The molecule has 0 saturated carbocycles. The van der Waals surface area contributed by atoms with E-state index < -0.39 is 5.60 Å². The van der Waals surface area contributed by atoms with E-state index in [1.165, 1.54) is 130 Å². The minimum Gasteiger partial charge on any atom is -0.444 e. The molecule has 0 aliphatic carbocycles. The van der Waals surface area contributed by atoms with Crippen LogP contribution in [0.2, 0.25) is 0 Å². The van der Waals surface area contributed by atoms with Gasteiger partial charge in [-0.1, -0.05) is 48.5 Å². The zero-order valence-electron chi connectivity index (χ0n) is 50.7. The summed E-state index contributed by atoms with van der Waals surface area (Å²) in [5.74, 6) is 0. The van der Waals surface area contributed by atoms with E-state index in [0.29, 0.717) is 0 Å². The Morgan fingerprint density at radius 2 is 0.947 bits per heavy atom. The van der Waals surface area contributed by atoms with Gasteiger partial charge in [-0.3, -0.25) is 9.80 Å². The van der Waals surface area contributed by atoms with E-state index in [2.05, 4.69) is 121 Å². The molecule has 2 aromatic heterocycles. The number of amides is 1. The summed E-state index contributed by atoms with van der Waals surface area (Å²) >= 11 is 0. The number of morpholine rings is 1. The molecular formula is C58H119N13O4. The molecule has 5 aliphatic rings. The third-order valence-corrected chi connectivity index (χ3v) is 13.4. The fourth-order valence-electron chi connectivity index (χ4n) is 9.03. The summed E-state index contributed by atoms with van der Waals surface area (Å²) in [4.78, 5) is 38.6. The van der Waals surface area contributed by atoms with Gasteiger partial charge < -0.3 is 58.4 Å². The molecule has 5 fully saturated rings. The number of nitrogens with one attached hydrogen (secondary N) is 1. The SMILES string of the molecule is CCCN1CCC(O)CC1.CCCN1CCCN(C)CC1.CCCN1CCN(C(=O)OC(C)(C)C)CC1.CCCN1CCN(C)CC1.CCCN1CCOCC1.CCCNCCn1ccnc1.CCCn1ccnc1. The minimum absolute atomic E-state index is 0.0203. The van der Waals surface area contributed by atoms with Crippen molar-refractivity contribution in [2.45, 2.75) is 158 Å². The Hall–Kier alpha value is -2.71. The second-order valence-corrected chi connectivity index (χ2v) is 21.8. The number of carbonyl (C=O) groups excluding carboxylic acids is 1. The first kappa shape index (κ1) is 70.3. The van der Waals surface area contributed by atoms with Crippen LogP contribution in [0.3, 0.4) is 0 Å². The zero-order chi connectivity index (χ0) is 55.4. The second kappa shape index (κ2) is 46.2. The topological polar surface area (TPSA) is 129 Å². The van der Waals surface area contributed by atoms with E-state index >= 15 is 0 Å². The normalized spacial score (nSPS) is 18.9. The maximum Gasteiger partial charge on any atom is 0.410 e. The van der Waals surface area contributed by atoms with Crippen LogP contribution in [0.5, 0.6) is 0 Å². The molecule has 440 valence electrons. The highest BCUT2D eigenvalue weighted by Gasteiger charge is 2.25. The Morgan fingerprint density at radius 1 is 0.533 bits per heavy atom. The van der Waals surface area contributed by atoms with Crippen molar-refractivity contribution in [3.05, 3.63) is 37.4 Å². The van der Waals surface area contributed by atoms with Crippen molar-refractivity contribution < 1.29 is 19.4 Å². The lowest BCUT2D eigenvalue weighted by atomic mass is 10.1. The third kappa shape index (κ3) is 39.3. The molecule has 17 heteroatoms. The van der Waals surface area contributed by atoms with Crippen LogP contribution in [0.1, 0.15) is 133 Å². The molecule has 2 aromatic rings. The van der Waals surface area contributed by atoms with Gasteiger partial charge in [-0.25, -0.2) is 14.8 Å². The van der Waals surface area contributed by atoms with Crippen LogP contribution >= 0.6 is 0 Å². The van der Waals surface area contributed by atoms with Crippen molar-refractivity contribution in [3.8, 4) is 0 Å². The number of aromatic nitrogens is 4. The molecule has 17 nitrogen and oxygen atoms in total. The summed E-state index contributed by atoms with van der Waals surface area (Å²) in [6, 6.07) is 0. The molecule has 0 bridgehead atoms. The van der Waals surface area contributed by atoms with Crippen LogP contribution in [0.15, 0.2) is 37.4 Å². The number of aliphatic hydroxyl groups is 1. The van der Waals surface area contributed by atoms with Gasteiger partial charge in [0, 0.05) is 136 Å². The van der Waals surface area contributed by atoms with Gasteiger partial charge in [0.2, 0.25) is 0 Å². The number of nitrogens with zero attached hydrogens (tertiary/aromatic N) is 12. The second-order valence-electron chi connectivity index (χ2n) is 21.8. The highest BCUT2D eigenvalue weighted by molar-refractivity contribution is 5.68. The largest absolute Gasteiger partial charge is 0.444 e. The molecule has 7 heterocycles. The number of imidazole rings is 2. The molecule has 0 spiro atoms. The number of aryl methyl sites for hydroxylation is 1. The average Bonchev–Trinajstić information content (AvgIpc) is 4.09. The predicted octanol–water partition coefficient (Wildman–Crippen LogP) is 7.38. The fraction of sp³-hybridized carbons (Fsp3) is 0.879. The summed E-state index contributed by atoms with van der Waals surface area (Å²) in [5, 5.41) is 12.5. The highest BCUT2D eigenvalue weighted by Crippen LogP contribution is 2.12. The van der Waals surface area contributed by atoms with Crippen molar-refractivity contribution in [1.82, 2.24) is 63.6 Å². The number of hydrogen-bond acceptors (Lipinski definition) is 14. The number of hydrogen-bond donors (Lipinski definition) is 2. The smallest absolute Gasteiger partial charge is 0.410 e. The summed E-state index contributed by atoms with van der Waals surface area (Å²) in [6.45, 7) is 51.5. The number of piperazine rings is 2. The van der Waals surface area contributed by atoms with Crippen LogP contribution < -0.4 is 5.32 Å². The highest BCUT2D eigenvalue weighted by atomic mass is 16.6. The minimum atomic E-state index is -0.391. The van der Waals surface area contributed by atoms with Crippen LogP contribution in [0, 0.1) is 0 Å². The van der Waals surface area contributed by atoms with E-state index in [1.54, 1.807) is 17.3 Å². The Balaban J connectivity index is 0.000000442. The van der Waals surface area contributed by atoms with Gasteiger partial charge >= 0.3 is 6.09 Å². The monoisotopic (exact) mass is 1060 g/mol. The lowest BCUT2D eigenvalue weighted by Crippen LogP contribution is -2.50. The molecule has 0 unspecified atom stereocenters. The molecule has 5 saturated heterocycles. The predicted molar refractivity (Wildman–Crippen MR) is 315 cm³/mol. The first-order valence-corrected chi connectivity index (χ1v) is 30.0.